The van der Waals surface area contributed by atoms with Gasteiger partial charge in [0.1, 0.15) is 11.5 Å². The highest BCUT2D eigenvalue weighted by Crippen LogP contribution is 2.39. The minimum atomic E-state index is -0.229. The summed E-state index contributed by atoms with van der Waals surface area (Å²) in [5.74, 6) is 1.36. The molecule has 3 rings (SSSR count). The number of hydrogen-bond acceptors (Lipinski definition) is 4. The Kier molecular flexibility index (Phi) is 4.64. The monoisotopic (exact) mass is 332 g/mol. The van der Waals surface area contributed by atoms with E-state index in [1.54, 1.807) is 26.2 Å². The number of hydrogen-bond donors (Lipinski definition) is 0. The summed E-state index contributed by atoms with van der Waals surface area (Å²) < 4.78 is 10.8. The van der Waals surface area contributed by atoms with Crippen molar-refractivity contribution in [2.45, 2.75) is 25.3 Å². The Morgan fingerprint density at radius 1 is 1.25 bits per heavy atom. The number of carbonyl (C=O) groups is 2. The van der Waals surface area contributed by atoms with Crippen LogP contribution in [0.2, 0.25) is 0 Å². The Labute approximate surface area is 142 Å². The van der Waals surface area contributed by atoms with Gasteiger partial charge in [-0.25, -0.2) is 0 Å². The quantitative estimate of drug-likeness (QED) is 0.844. The van der Waals surface area contributed by atoms with Gasteiger partial charge in [0.25, 0.3) is 0 Å². The maximum atomic E-state index is 12.9. The highest BCUT2D eigenvalue weighted by molar-refractivity contribution is 5.89. The largest absolute Gasteiger partial charge is 0.497 e. The summed E-state index contributed by atoms with van der Waals surface area (Å²) in [7, 11) is 5.00. The Morgan fingerprint density at radius 2 is 2.04 bits per heavy atom. The molecule has 2 saturated heterocycles. The van der Waals surface area contributed by atoms with Crippen LogP contribution in [0.25, 0.3) is 0 Å². The van der Waals surface area contributed by atoms with E-state index in [1.165, 1.54) is 0 Å². The zero-order chi connectivity index (χ0) is 17.3. The first-order valence-electron chi connectivity index (χ1n) is 8.31. The molecule has 0 unspecified atom stereocenters. The van der Waals surface area contributed by atoms with Gasteiger partial charge in [0.15, 0.2) is 0 Å². The molecule has 0 saturated carbocycles. The zero-order valence-electron chi connectivity index (χ0n) is 14.4. The number of likely N-dealkylation sites (tertiary alicyclic amines) is 2. The van der Waals surface area contributed by atoms with E-state index >= 15 is 0 Å². The second kappa shape index (κ2) is 6.71. The lowest BCUT2D eigenvalue weighted by atomic mass is 10.0. The molecule has 6 nitrogen and oxygen atoms in total. The Bertz CT molecular complexity index is 646. The lowest BCUT2D eigenvalue weighted by Gasteiger charge is -2.28. The summed E-state index contributed by atoms with van der Waals surface area (Å²) in [6.07, 6.45) is 2.19. The zero-order valence-corrected chi connectivity index (χ0v) is 14.4. The van der Waals surface area contributed by atoms with Crippen molar-refractivity contribution in [1.29, 1.82) is 0 Å². The summed E-state index contributed by atoms with van der Waals surface area (Å²) >= 11 is 0. The predicted octanol–water partition coefficient (Wildman–Crippen LogP) is 1.85. The molecule has 0 aromatic heterocycles. The third kappa shape index (κ3) is 2.92. The smallest absolute Gasteiger partial charge is 0.228 e. The minimum Gasteiger partial charge on any atom is -0.497 e. The second-order valence-electron chi connectivity index (χ2n) is 6.47. The lowest BCUT2D eigenvalue weighted by molar-refractivity contribution is -0.136. The third-order valence-corrected chi connectivity index (χ3v) is 5.03. The van der Waals surface area contributed by atoms with Crippen molar-refractivity contribution in [2.75, 3.05) is 34.4 Å². The average molecular weight is 332 g/mol. The van der Waals surface area contributed by atoms with Gasteiger partial charge < -0.3 is 19.3 Å². The van der Waals surface area contributed by atoms with Gasteiger partial charge in [0, 0.05) is 38.2 Å². The summed E-state index contributed by atoms with van der Waals surface area (Å²) in [4.78, 5) is 28.2. The maximum Gasteiger partial charge on any atom is 0.228 e. The highest BCUT2D eigenvalue weighted by atomic mass is 16.5. The molecule has 2 fully saturated rings. The molecule has 0 aliphatic carbocycles. The normalized spacial score (nSPS) is 23.7. The van der Waals surface area contributed by atoms with Crippen molar-refractivity contribution in [3.05, 3.63) is 23.8 Å². The van der Waals surface area contributed by atoms with Crippen molar-refractivity contribution >= 4 is 11.8 Å². The first kappa shape index (κ1) is 16.6. The first-order valence-corrected chi connectivity index (χ1v) is 8.31. The van der Waals surface area contributed by atoms with E-state index < -0.39 is 0 Å². The highest BCUT2D eigenvalue weighted by Gasteiger charge is 2.39. The molecular formula is C18H24N2O4. The molecule has 0 bridgehead atoms. The van der Waals surface area contributed by atoms with Crippen LogP contribution in [0.15, 0.2) is 18.2 Å². The van der Waals surface area contributed by atoms with Crippen LogP contribution in [0.5, 0.6) is 11.5 Å². The molecule has 2 atom stereocenters. The number of nitrogens with zero attached hydrogens (tertiary/aromatic N) is 2. The van der Waals surface area contributed by atoms with Crippen LogP contribution in [-0.4, -0.2) is 56.0 Å². The van der Waals surface area contributed by atoms with E-state index in [0.717, 1.165) is 36.4 Å². The van der Waals surface area contributed by atoms with Crippen LogP contribution in [0.3, 0.4) is 0 Å². The van der Waals surface area contributed by atoms with Crippen molar-refractivity contribution in [3.8, 4) is 11.5 Å². The molecule has 1 aromatic carbocycles. The SMILES string of the molecule is COc1ccc([C@H]2CCCN2C(=O)[C@H]2CC(=O)N(C)C2)c(OC)c1. The van der Waals surface area contributed by atoms with Crippen LogP contribution in [0.1, 0.15) is 30.9 Å². The van der Waals surface area contributed by atoms with Gasteiger partial charge in [-0.15, -0.1) is 0 Å². The number of methoxy groups -OCH3 is 2. The average Bonchev–Trinajstić information content (AvgIpc) is 3.20. The number of rotatable bonds is 4. The van der Waals surface area contributed by atoms with Crippen molar-refractivity contribution < 1.29 is 19.1 Å². The fraction of sp³-hybridized carbons (Fsp3) is 0.556. The van der Waals surface area contributed by atoms with E-state index in [0.29, 0.717) is 13.0 Å². The molecule has 2 heterocycles. The van der Waals surface area contributed by atoms with Gasteiger partial charge in [-0.3, -0.25) is 9.59 Å². The van der Waals surface area contributed by atoms with Gasteiger partial charge >= 0.3 is 0 Å². The molecule has 0 spiro atoms. The van der Waals surface area contributed by atoms with E-state index in [2.05, 4.69) is 0 Å². The van der Waals surface area contributed by atoms with Gasteiger partial charge in [0.2, 0.25) is 11.8 Å². The lowest BCUT2D eigenvalue weighted by Crippen LogP contribution is -2.36. The van der Waals surface area contributed by atoms with E-state index in [9.17, 15) is 9.59 Å². The Balaban J connectivity index is 1.83. The fourth-order valence-corrected chi connectivity index (χ4v) is 3.71. The predicted molar refractivity (Wildman–Crippen MR) is 89.0 cm³/mol. The van der Waals surface area contributed by atoms with Crippen LogP contribution >= 0.6 is 0 Å². The van der Waals surface area contributed by atoms with Crippen LogP contribution in [-0.2, 0) is 9.59 Å². The maximum absolute atomic E-state index is 12.9. The van der Waals surface area contributed by atoms with E-state index in [1.807, 2.05) is 23.1 Å². The summed E-state index contributed by atoms with van der Waals surface area (Å²) in [5.41, 5.74) is 1.00. The van der Waals surface area contributed by atoms with Gasteiger partial charge in [-0.05, 0) is 25.0 Å². The van der Waals surface area contributed by atoms with Crippen LogP contribution in [0.4, 0.5) is 0 Å². The standard InChI is InChI=1S/C18H24N2O4/c1-19-11-12(9-17(19)21)18(22)20-8-4-5-15(20)14-7-6-13(23-2)10-16(14)24-3/h6-7,10,12,15H,4-5,8-9,11H2,1-3H3/t12-,15+/m0/s1. The van der Waals surface area contributed by atoms with Crippen molar-refractivity contribution in [3.63, 3.8) is 0 Å². The molecule has 130 valence electrons. The Morgan fingerprint density at radius 3 is 2.67 bits per heavy atom. The summed E-state index contributed by atoms with van der Waals surface area (Å²) in [5, 5.41) is 0. The van der Waals surface area contributed by atoms with Gasteiger partial charge in [0.05, 0.1) is 26.2 Å². The molecule has 2 aliphatic heterocycles. The summed E-state index contributed by atoms with van der Waals surface area (Å²) in [6, 6.07) is 5.72. The second-order valence-corrected chi connectivity index (χ2v) is 6.47. The van der Waals surface area contributed by atoms with Crippen LogP contribution in [0, 0.1) is 5.92 Å². The molecule has 1 aromatic rings. The topological polar surface area (TPSA) is 59.1 Å². The van der Waals surface area contributed by atoms with E-state index in [4.69, 9.17) is 9.47 Å². The van der Waals surface area contributed by atoms with E-state index in [-0.39, 0.29) is 23.8 Å². The molecule has 0 radical (unpaired) electrons. The number of carbonyl (C=O) groups excluding carboxylic acids is 2. The van der Waals surface area contributed by atoms with Crippen molar-refractivity contribution in [1.82, 2.24) is 9.80 Å². The minimum absolute atomic E-state index is 0.000589. The first-order chi connectivity index (χ1) is 11.5. The fourth-order valence-electron chi connectivity index (χ4n) is 3.71. The van der Waals surface area contributed by atoms with Crippen LogP contribution < -0.4 is 9.47 Å². The molecule has 2 aliphatic rings. The molecule has 2 amide bonds. The van der Waals surface area contributed by atoms with Gasteiger partial charge in [-0.1, -0.05) is 0 Å². The molecule has 0 N–H and O–H groups in total. The van der Waals surface area contributed by atoms with Crippen molar-refractivity contribution in [2.24, 2.45) is 5.92 Å². The van der Waals surface area contributed by atoms with Gasteiger partial charge in [-0.2, -0.15) is 0 Å². The molecular weight excluding hydrogens is 308 g/mol. The number of amides is 2. The summed E-state index contributed by atoms with van der Waals surface area (Å²) in [6.45, 7) is 1.24. The molecule has 6 heteroatoms. The number of benzene rings is 1. The number of ether oxygens (including phenoxy) is 2. The third-order valence-electron chi connectivity index (χ3n) is 5.03. The Hall–Kier alpha value is -2.24. The molecule has 24 heavy (non-hydrogen) atoms.